The number of carboxylic acid groups (broad SMARTS) is 1. The number of fused-ring (bicyclic) bond motifs is 3. The van der Waals surface area contributed by atoms with Gasteiger partial charge in [0.2, 0.25) is 5.91 Å². The van der Waals surface area contributed by atoms with Crippen LogP contribution in [0.2, 0.25) is 5.02 Å². The average Bonchev–Trinajstić information content (AvgIpc) is 3.14. The molecule has 4 rings (SSSR count). The quantitative estimate of drug-likeness (QED) is 0.405. The van der Waals surface area contributed by atoms with Gasteiger partial charge in [0.25, 0.3) is 0 Å². The third kappa shape index (κ3) is 4.36. The molecule has 170 valence electrons. The van der Waals surface area contributed by atoms with Crippen LogP contribution in [0, 0.1) is 20.8 Å². The van der Waals surface area contributed by atoms with Gasteiger partial charge in [-0.3, -0.25) is 4.79 Å². The van der Waals surface area contributed by atoms with Crippen molar-refractivity contribution in [3.05, 3.63) is 79.9 Å². The summed E-state index contributed by atoms with van der Waals surface area (Å²) < 4.78 is 11.3. The third-order valence-electron chi connectivity index (χ3n) is 5.79. The first-order chi connectivity index (χ1) is 15.7. The lowest BCUT2D eigenvalue weighted by atomic mass is 9.98. The SMILES string of the molecule is Cc1coc2c1c(C)cc1oc(=O)c(CC(=O)N[C@@H](Cc3ccc(Cl)cc3)C(=O)O)c(C)c12. The van der Waals surface area contributed by atoms with Crippen LogP contribution in [0.5, 0.6) is 0 Å². The average molecular weight is 468 g/mol. The van der Waals surface area contributed by atoms with Crippen LogP contribution in [0.25, 0.3) is 21.9 Å². The largest absolute Gasteiger partial charge is 0.480 e. The van der Waals surface area contributed by atoms with Crippen molar-refractivity contribution in [3.8, 4) is 0 Å². The van der Waals surface area contributed by atoms with E-state index in [1.165, 1.54) is 0 Å². The van der Waals surface area contributed by atoms with E-state index in [1.54, 1.807) is 43.5 Å². The molecule has 8 heteroatoms. The molecule has 0 saturated heterocycles. The van der Waals surface area contributed by atoms with E-state index in [-0.39, 0.29) is 18.4 Å². The van der Waals surface area contributed by atoms with Crippen molar-refractivity contribution in [2.75, 3.05) is 0 Å². The third-order valence-corrected chi connectivity index (χ3v) is 6.04. The topological polar surface area (TPSA) is 110 Å². The zero-order valence-electron chi connectivity index (χ0n) is 18.3. The van der Waals surface area contributed by atoms with E-state index < -0.39 is 23.5 Å². The highest BCUT2D eigenvalue weighted by atomic mass is 35.5. The number of aliphatic carboxylic acids is 1. The molecule has 0 unspecified atom stereocenters. The van der Waals surface area contributed by atoms with Crippen LogP contribution in [0.3, 0.4) is 0 Å². The summed E-state index contributed by atoms with van der Waals surface area (Å²) in [5.41, 5.74) is 3.66. The molecular weight excluding hydrogens is 446 g/mol. The highest BCUT2D eigenvalue weighted by Gasteiger charge is 2.24. The number of hydrogen-bond acceptors (Lipinski definition) is 5. The van der Waals surface area contributed by atoms with E-state index in [0.717, 1.165) is 16.5 Å². The first-order valence-corrected chi connectivity index (χ1v) is 10.7. The summed E-state index contributed by atoms with van der Waals surface area (Å²) in [4.78, 5) is 37.1. The van der Waals surface area contributed by atoms with Crippen LogP contribution in [-0.2, 0) is 22.4 Å². The minimum atomic E-state index is -1.18. The lowest BCUT2D eigenvalue weighted by molar-refractivity contribution is -0.141. The van der Waals surface area contributed by atoms with Crippen molar-refractivity contribution >= 4 is 45.4 Å². The number of carboxylic acids is 1. The molecular formula is C25H22ClNO6. The van der Waals surface area contributed by atoms with Gasteiger partial charge in [0.15, 0.2) is 0 Å². The summed E-state index contributed by atoms with van der Waals surface area (Å²) in [7, 11) is 0. The fourth-order valence-corrected chi connectivity index (χ4v) is 4.27. The molecule has 2 aromatic heterocycles. The highest BCUT2D eigenvalue weighted by molar-refractivity contribution is 6.30. The van der Waals surface area contributed by atoms with Gasteiger partial charge in [0.05, 0.1) is 23.6 Å². The maximum atomic E-state index is 12.7. The fraction of sp³-hybridized carbons (Fsp3) is 0.240. The standard InChI is InChI=1S/C25H22ClNO6/c1-12-8-19-22(23-21(12)13(2)11-32-23)14(3)17(25(31)33-19)10-20(28)27-18(24(29)30)9-15-4-6-16(26)7-5-15/h4-8,11,18H,9-10H2,1-3H3,(H,27,28)(H,29,30)/t18-/m0/s1. The van der Waals surface area contributed by atoms with Crippen molar-refractivity contribution in [2.45, 2.75) is 39.7 Å². The number of benzene rings is 2. The van der Waals surface area contributed by atoms with E-state index in [4.69, 9.17) is 20.4 Å². The maximum Gasteiger partial charge on any atom is 0.340 e. The van der Waals surface area contributed by atoms with Gasteiger partial charge in [0.1, 0.15) is 17.2 Å². The molecule has 0 saturated carbocycles. The predicted octanol–water partition coefficient (Wildman–Crippen LogP) is 4.47. The van der Waals surface area contributed by atoms with Gasteiger partial charge in [-0.15, -0.1) is 0 Å². The molecule has 33 heavy (non-hydrogen) atoms. The molecule has 0 radical (unpaired) electrons. The Labute approximate surface area is 194 Å². The van der Waals surface area contributed by atoms with Crippen LogP contribution in [0.1, 0.15) is 27.8 Å². The van der Waals surface area contributed by atoms with Crippen LogP contribution >= 0.6 is 11.6 Å². The summed E-state index contributed by atoms with van der Waals surface area (Å²) in [6.07, 6.45) is 1.40. The summed E-state index contributed by atoms with van der Waals surface area (Å²) >= 11 is 5.87. The Morgan fingerprint density at radius 3 is 2.45 bits per heavy atom. The lowest BCUT2D eigenvalue weighted by Crippen LogP contribution is -2.43. The molecule has 0 spiro atoms. The van der Waals surface area contributed by atoms with Crippen molar-refractivity contribution in [1.82, 2.24) is 5.32 Å². The summed E-state index contributed by atoms with van der Waals surface area (Å²) in [6, 6.07) is 7.33. The number of nitrogens with one attached hydrogen (secondary N) is 1. The minimum absolute atomic E-state index is 0.0785. The summed E-state index contributed by atoms with van der Waals surface area (Å²) in [6.45, 7) is 5.57. The second kappa shape index (κ2) is 8.75. The predicted molar refractivity (Wildman–Crippen MR) is 125 cm³/mol. The van der Waals surface area contributed by atoms with Crippen LogP contribution < -0.4 is 10.9 Å². The molecule has 1 amide bonds. The Balaban J connectivity index is 1.65. The molecule has 0 fully saturated rings. The highest BCUT2D eigenvalue weighted by Crippen LogP contribution is 2.34. The molecule has 2 aromatic carbocycles. The van der Waals surface area contributed by atoms with Gasteiger partial charge in [-0.05, 0) is 61.2 Å². The van der Waals surface area contributed by atoms with Crippen molar-refractivity contribution in [1.29, 1.82) is 0 Å². The number of halogens is 1. The van der Waals surface area contributed by atoms with Crippen LogP contribution in [0.4, 0.5) is 0 Å². The normalized spacial score (nSPS) is 12.2. The van der Waals surface area contributed by atoms with E-state index in [1.807, 2.05) is 13.8 Å². The summed E-state index contributed by atoms with van der Waals surface area (Å²) in [5.74, 6) is -1.77. The number of carbonyl (C=O) groups is 2. The molecule has 0 aliphatic carbocycles. The second-order valence-corrected chi connectivity index (χ2v) is 8.58. The van der Waals surface area contributed by atoms with Crippen molar-refractivity contribution in [3.63, 3.8) is 0 Å². The van der Waals surface area contributed by atoms with Crippen molar-refractivity contribution < 1.29 is 23.5 Å². The molecule has 4 aromatic rings. The molecule has 2 heterocycles. The van der Waals surface area contributed by atoms with Crippen LogP contribution in [-0.4, -0.2) is 23.0 Å². The van der Waals surface area contributed by atoms with E-state index >= 15 is 0 Å². The van der Waals surface area contributed by atoms with Crippen LogP contribution in [0.15, 0.2) is 50.2 Å². The van der Waals surface area contributed by atoms with Gasteiger partial charge in [-0.2, -0.15) is 0 Å². The van der Waals surface area contributed by atoms with Gasteiger partial charge in [-0.25, -0.2) is 9.59 Å². The zero-order chi connectivity index (χ0) is 23.9. The maximum absolute atomic E-state index is 12.7. The van der Waals surface area contributed by atoms with E-state index in [9.17, 15) is 19.5 Å². The Morgan fingerprint density at radius 2 is 1.79 bits per heavy atom. The Kier molecular flexibility index (Phi) is 5.99. The molecule has 1 atom stereocenters. The van der Waals surface area contributed by atoms with Gasteiger partial charge < -0.3 is 19.3 Å². The summed E-state index contributed by atoms with van der Waals surface area (Å²) in [5, 5.41) is 14.2. The molecule has 7 nitrogen and oxygen atoms in total. The fourth-order valence-electron chi connectivity index (χ4n) is 4.14. The van der Waals surface area contributed by atoms with Crippen molar-refractivity contribution in [2.24, 2.45) is 0 Å². The number of amides is 1. The van der Waals surface area contributed by atoms with Gasteiger partial charge in [-0.1, -0.05) is 23.7 Å². The molecule has 2 N–H and O–H groups in total. The second-order valence-electron chi connectivity index (χ2n) is 8.15. The minimum Gasteiger partial charge on any atom is -0.480 e. The number of aryl methyl sites for hydroxylation is 3. The van der Waals surface area contributed by atoms with E-state index in [2.05, 4.69) is 5.32 Å². The number of furan rings is 1. The Morgan fingerprint density at radius 1 is 1.09 bits per heavy atom. The monoisotopic (exact) mass is 467 g/mol. The van der Waals surface area contributed by atoms with Gasteiger partial charge in [0, 0.05) is 16.8 Å². The first-order valence-electron chi connectivity index (χ1n) is 10.4. The number of hydrogen-bond donors (Lipinski definition) is 2. The number of carbonyl (C=O) groups excluding carboxylic acids is 1. The molecule has 0 aliphatic rings. The Bertz CT molecular complexity index is 1450. The van der Waals surface area contributed by atoms with Gasteiger partial charge >= 0.3 is 11.6 Å². The lowest BCUT2D eigenvalue weighted by Gasteiger charge is -2.15. The zero-order valence-corrected chi connectivity index (χ0v) is 19.1. The smallest absolute Gasteiger partial charge is 0.340 e. The molecule has 0 bridgehead atoms. The molecule has 0 aliphatic heterocycles. The first kappa shape index (κ1) is 22.6. The van der Waals surface area contributed by atoms with E-state index in [0.29, 0.717) is 32.7 Å². The Hall–Kier alpha value is -3.58. The number of rotatable bonds is 6.